The van der Waals surface area contributed by atoms with Gasteiger partial charge in [0.2, 0.25) is 24.6 Å². The quantitative estimate of drug-likeness (QED) is 0.327. The molecule has 13 nitrogen and oxygen atoms in total. The Labute approximate surface area is 235 Å². The molecule has 0 bridgehead atoms. The van der Waals surface area contributed by atoms with Crippen molar-refractivity contribution >= 4 is 5.97 Å². The molecule has 0 spiro atoms. The summed E-state index contributed by atoms with van der Waals surface area (Å²) in [6.07, 6.45) is -7.06. The Morgan fingerprint density at radius 2 is 1.63 bits per heavy atom. The number of carbonyl (C=O) groups excluding carboxylic acids is 1. The summed E-state index contributed by atoms with van der Waals surface area (Å²) in [5, 5.41) is 40.9. The molecule has 2 fully saturated rings. The van der Waals surface area contributed by atoms with Crippen molar-refractivity contribution in [3.8, 4) is 34.5 Å². The van der Waals surface area contributed by atoms with E-state index in [-0.39, 0.29) is 36.8 Å². The Bertz CT molecular complexity index is 1300. The van der Waals surface area contributed by atoms with Crippen LogP contribution in [0.15, 0.2) is 18.2 Å². The molecule has 0 saturated carbocycles. The van der Waals surface area contributed by atoms with Gasteiger partial charge in [0.15, 0.2) is 23.0 Å². The average molecular weight is 577 g/mol. The molecule has 2 aromatic carbocycles. The summed E-state index contributed by atoms with van der Waals surface area (Å²) in [6, 6.07) is 5.37. The second kappa shape index (κ2) is 10.7. The Kier molecular flexibility index (Phi) is 7.24. The summed E-state index contributed by atoms with van der Waals surface area (Å²) in [4.78, 5) is 13.1. The van der Waals surface area contributed by atoms with Crippen LogP contribution in [0.5, 0.6) is 34.5 Å². The summed E-state index contributed by atoms with van der Waals surface area (Å²) < 4.78 is 45.5. The SMILES string of the molecule is COc1cc([C@@H]2c3cc4c(c(O[C@@H]5O[C@@H](CO)[C@@H](O)[C@@H](O)[C@H]5O)c3C[C@H]3COC(=O)[C@@H]32)OCO4)cc(OC)c1OC. The van der Waals surface area contributed by atoms with Gasteiger partial charge in [0.1, 0.15) is 24.4 Å². The molecule has 3 heterocycles. The highest BCUT2D eigenvalue weighted by Gasteiger charge is 2.51. The highest BCUT2D eigenvalue weighted by atomic mass is 16.7. The molecule has 13 heteroatoms. The van der Waals surface area contributed by atoms with Crippen LogP contribution in [0.2, 0.25) is 0 Å². The number of cyclic esters (lactones) is 1. The van der Waals surface area contributed by atoms with Crippen molar-refractivity contribution in [1.29, 1.82) is 0 Å². The van der Waals surface area contributed by atoms with E-state index in [9.17, 15) is 25.2 Å². The van der Waals surface area contributed by atoms with E-state index in [1.807, 2.05) is 0 Å². The molecule has 4 aliphatic rings. The summed E-state index contributed by atoms with van der Waals surface area (Å²) in [5.41, 5.74) is 2.07. The maximum absolute atomic E-state index is 13.1. The zero-order chi connectivity index (χ0) is 29.0. The van der Waals surface area contributed by atoms with Crippen molar-refractivity contribution < 1.29 is 63.1 Å². The second-order valence-electron chi connectivity index (χ2n) is 10.4. The van der Waals surface area contributed by atoms with Gasteiger partial charge in [-0.05, 0) is 35.7 Å². The number of benzene rings is 2. The highest BCUT2D eigenvalue weighted by Crippen LogP contribution is 2.56. The van der Waals surface area contributed by atoms with Crippen molar-refractivity contribution in [2.75, 3.05) is 41.3 Å². The molecule has 0 amide bonds. The van der Waals surface area contributed by atoms with Crippen molar-refractivity contribution in [2.45, 2.75) is 43.0 Å². The maximum atomic E-state index is 13.1. The number of aliphatic hydroxyl groups is 4. The lowest BCUT2D eigenvalue weighted by Crippen LogP contribution is -2.60. The van der Waals surface area contributed by atoms with E-state index in [2.05, 4.69) is 0 Å². The fourth-order valence-corrected chi connectivity index (χ4v) is 6.26. The van der Waals surface area contributed by atoms with Crippen molar-refractivity contribution in [1.82, 2.24) is 0 Å². The van der Waals surface area contributed by atoms with Gasteiger partial charge >= 0.3 is 5.97 Å². The molecule has 2 aromatic rings. The van der Waals surface area contributed by atoms with E-state index >= 15 is 0 Å². The van der Waals surface area contributed by atoms with Gasteiger partial charge in [0.05, 0.1) is 40.5 Å². The minimum absolute atomic E-state index is 0.0903. The minimum atomic E-state index is -1.64. The predicted octanol–water partition coefficient (Wildman–Crippen LogP) is 0.0970. The second-order valence-corrected chi connectivity index (χ2v) is 10.4. The molecule has 8 atom stereocenters. The number of esters is 1. The summed E-state index contributed by atoms with van der Waals surface area (Å²) in [6.45, 7) is -0.507. The third-order valence-electron chi connectivity index (χ3n) is 8.27. The molecule has 1 aliphatic carbocycles. The molecule has 0 unspecified atom stereocenters. The molecule has 0 radical (unpaired) electrons. The van der Waals surface area contributed by atoms with Crippen LogP contribution in [0.3, 0.4) is 0 Å². The van der Waals surface area contributed by atoms with Crippen LogP contribution >= 0.6 is 0 Å². The highest BCUT2D eigenvalue weighted by molar-refractivity contribution is 5.79. The van der Waals surface area contributed by atoms with E-state index in [4.69, 9.17) is 37.9 Å². The fraction of sp³-hybridized carbons (Fsp3) is 0.536. The lowest BCUT2D eigenvalue weighted by Gasteiger charge is -2.40. The summed E-state index contributed by atoms with van der Waals surface area (Å²) in [7, 11) is 4.52. The van der Waals surface area contributed by atoms with E-state index in [1.54, 1.807) is 18.2 Å². The summed E-state index contributed by atoms with van der Waals surface area (Å²) in [5.74, 6) is 0.409. The van der Waals surface area contributed by atoms with E-state index in [0.29, 0.717) is 46.1 Å². The van der Waals surface area contributed by atoms with Crippen LogP contribution in [0, 0.1) is 11.8 Å². The maximum Gasteiger partial charge on any atom is 0.310 e. The van der Waals surface area contributed by atoms with Crippen LogP contribution in [0.25, 0.3) is 0 Å². The minimum Gasteiger partial charge on any atom is -0.493 e. The van der Waals surface area contributed by atoms with Gasteiger partial charge in [-0.3, -0.25) is 4.79 Å². The molecule has 2 saturated heterocycles. The predicted molar refractivity (Wildman–Crippen MR) is 137 cm³/mol. The molecule has 41 heavy (non-hydrogen) atoms. The number of carbonyl (C=O) groups is 1. The third-order valence-corrected chi connectivity index (χ3v) is 8.27. The van der Waals surface area contributed by atoms with Crippen LogP contribution < -0.4 is 28.4 Å². The number of methoxy groups -OCH3 is 3. The first-order valence-electron chi connectivity index (χ1n) is 13.2. The lowest BCUT2D eigenvalue weighted by molar-refractivity contribution is -0.277. The van der Waals surface area contributed by atoms with Gasteiger partial charge < -0.3 is 58.3 Å². The monoisotopic (exact) mass is 576 g/mol. The summed E-state index contributed by atoms with van der Waals surface area (Å²) >= 11 is 0. The smallest absolute Gasteiger partial charge is 0.310 e. The Morgan fingerprint density at radius 1 is 0.902 bits per heavy atom. The Balaban J connectivity index is 1.51. The van der Waals surface area contributed by atoms with E-state index in [1.165, 1.54) is 21.3 Å². The number of hydrogen-bond acceptors (Lipinski definition) is 13. The number of ether oxygens (including phenoxy) is 8. The number of rotatable bonds is 7. The molecule has 6 rings (SSSR count). The lowest BCUT2D eigenvalue weighted by atomic mass is 9.67. The molecule has 222 valence electrons. The van der Waals surface area contributed by atoms with Crippen LogP contribution in [-0.2, 0) is 20.7 Å². The molecular weight excluding hydrogens is 544 g/mol. The fourth-order valence-electron chi connectivity index (χ4n) is 6.26. The van der Waals surface area contributed by atoms with Gasteiger partial charge in [-0.15, -0.1) is 0 Å². The zero-order valence-electron chi connectivity index (χ0n) is 22.6. The van der Waals surface area contributed by atoms with Crippen molar-refractivity contribution in [3.05, 3.63) is 34.9 Å². The Hall–Kier alpha value is -3.49. The normalized spacial score (nSPS) is 31.6. The van der Waals surface area contributed by atoms with Gasteiger partial charge in [0, 0.05) is 17.4 Å². The topological polar surface area (TPSA) is 172 Å². The first-order chi connectivity index (χ1) is 19.8. The number of hydrogen-bond donors (Lipinski definition) is 4. The van der Waals surface area contributed by atoms with Crippen molar-refractivity contribution in [3.63, 3.8) is 0 Å². The zero-order valence-corrected chi connectivity index (χ0v) is 22.6. The first kappa shape index (κ1) is 27.7. The molecule has 0 aromatic heterocycles. The van der Waals surface area contributed by atoms with Gasteiger partial charge in [0.25, 0.3) is 0 Å². The largest absolute Gasteiger partial charge is 0.493 e. The van der Waals surface area contributed by atoms with Crippen LogP contribution in [0.1, 0.15) is 22.6 Å². The standard InChI is InChI=1S/C28H32O13/c1-34-15-5-11(6-16(35-2)25(15)36-3)19-13-7-17-26(39-10-38-17)24(14(13)4-12-9-37-27(33)20(12)19)41-28-23(32)22(31)21(30)18(8-29)40-28/h5-7,12,18-23,28-32H,4,8-10H2,1-3H3/t12-,18-,19+,20-,21+,22+,23+,28-/m0/s1. The van der Waals surface area contributed by atoms with Gasteiger partial charge in [-0.2, -0.15) is 0 Å². The third kappa shape index (κ3) is 4.39. The molecule has 3 aliphatic heterocycles. The molecule has 4 N–H and O–H groups in total. The van der Waals surface area contributed by atoms with Crippen LogP contribution in [-0.4, -0.2) is 98.4 Å². The van der Waals surface area contributed by atoms with E-state index < -0.39 is 49.1 Å². The van der Waals surface area contributed by atoms with Gasteiger partial charge in [-0.1, -0.05) is 0 Å². The number of fused-ring (bicyclic) bond motifs is 3. The average Bonchev–Trinajstić information content (AvgIpc) is 3.61. The number of aliphatic hydroxyl groups excluding tert-OH is 4. The van der Waals surface area contributed by atoms with Crippen molar-refractivity contribution in [2.24, 2.45) is 11.8 Å². The van der Waals surface area contributed by atoms with Gasteiger partial charge in [-0.25, -0.2) is 0 Å². The van der Waals surface area contributed by atoms with Crippen LogP contribution in [0.4, 0.5) is 0 Å². The Morgan fingerprint density at radius 3 is 2.29 bits per heavy atom. The molecular formula is C28H32O13. The van der Waals surface area contributed by atoms with E-state index in [0.717, 1.165) is 0 Å². The first-order valence-corrected chi connectivity index (χ1v) is 13.2.